The zero-order valence-corrected chi connectivity index (χ0v) is 9.01. The summed E-state index contributed by atoms with van der Waals surface area (Å²) in [5, 5.41) is 0. The van der Waals surface area contributed by atoms with Crippen molar-refractivity contribution in [1.29, 1.82) is 0 Å². The highest BCUT2D eigenvalue weighted by atomic mass is 19.1. The third-order valence-corrected chi connectivity index (χ3v) is 2.29. The molecule has 0 aliphatic rings. The second-order valence-corrected chi connectivity index (χ2v) is 3.48. The Morgan fingerprint density at radius 3 is 2.65 bits per heavy atom. The number of carbonyl (C=O) groups excluding carboxylic acids is 1. The van der Waals surface area contributed by atoms with Crippen LogP contribution >= 0.6 is 0 Å². The molecule has 2 aromatic rings. The predicted molar refractivity (Wildman–Crippen MR) is 64.7 cm³/mol. The quantitative estimate of drug-likeness (QED) is 0.595. The number of aldehydes is 1. The largest absolute Gasteiger partial charge is 0.299 e. The van der Waals surface area contributed by atoms with E-state index in [0.29, 0.717) is 12.0 Å². The Morgan fingerprint density at radius 1 is 1.12 bits per heavy atom. The maximum atomic E-state index is 13.0. The first-order valence-corrected chi connectivity index (χ1v) is 5.13. The number of carbonyl (C=O) groups is 1. The Morgan fingerprint density at radius 2 is 2.00 bits per heavy atom. The molecule has 1 aromatic carbocycles. The van der Waals surface area contributed by atoms with Gasteiger partial charge in [0.1, 0.15) is 12.1 Å². The number of benzene rings is 1. The number of halogens is 1. The zero-order valence-electron chi connectivity index (χ0n) is 9.01. The molecule has 0 saturated heterocycles. The van der Waals surface area contributed by atoms with Crippen LogP contribution in [-0.4, -0.2) is 11.3 Å². The average molecular weight is 227 g/mol. The lowest BCUT2D eigenvalue weighted by Gasteiger charge is -2.01. The fourth-order valence-electron chi connectivity index (χ4n) is 1.48. The minimum absolute atomic E-state index is 0.271. The van der Waals surface area contributed by atoms with E-state index in [1.165, 1.54) is 18.2 Å². The summed E-state index contributed by atoms with van der Waals surface area (Å²) < 4.78 is 13.0. The van der Waals surface area contributed by atoms with Crippen molar-refractivity contribution in [2.45, 2.75) is 0 Å². The summed E-state index contributed by atoms with van der Waals surface area (Å²) in [7, 11) is 0. The molecule has 0 radical (unpaired) electrons. The number of aromatic nitrogens is 1. The molecule has 0 saturated carbocycles. The summed E-state index contributed by atoms with van der Waals surface area (Å²) in [5.74, 6) is -0.271. The summed E-state index contributed by atoms with van der Waals surface area (Å²) in [5.41, 5.74) is 2.31. The lowest BCUT2D eigenvalue weighted by molar-refractivity contribution is -0.104. The van der Waals surface area contributed by atoms with Gasteiger partial charge in [0.2, 0.25) is 0 Å². The maximum Gasteiger partial charge on any atom is 0.142 e. The Hall–Kier alpha value is -2.29. The normalized spacial score (nSPS) is 10.6. The number of rotatable bonds is 3. The lowest BCUT2D eigenvalue weighted by Crippen LogP contribution is -1.84. The number of hydrogen-bond acceptors (Lipinski definition) is 2. The molecule has 84 valence electrons. The fraction of sp³-hybridized carbons (Fsp3) is 0. The molecule has 2 rings (SSSR count). The van der Waals surface area contributed by atoms with Crippen molar-refractivity contribution in [1.82, 2.24) is 4.98 Å². The van der Waals surface area contributed by atoms with Crippen LogP contribution in [0.25, 0.3) is 17.2 Å². The summed E-state index contributed by atoms with van der Waals surface area (Å²) >= 11 is 0. The second-order valence-electron chi connectivity index (χ2n) is 3.48. The van der Waals surface area contributed by atoms with Crippen molar-refractivity contribution < 1.29 is 9.18 Å². The van der Waals surface area contributed by atoms with Crippen molar-refractivity contribution in [2.24, 2.45) is 0 Å². The third-order valence-electron chi connectivity index (χ3n) is 2.29. The van der Waals surface area contributed by atoms with Gasteiger partial charge in [-0.25, -0.2) is 4.39 Å². The van der Waals surface area contributed by atoms with E-state index in [2.05, 4.69) is 4.98 Å². The van der Waals surface area contributed by atoms with Gasteiger partial charge >= 0.3 is 0 Å². The van der Waals surface area contributed by atoms with Crippen molar-refractivity contribution in [2.75, 3.05) is 0 Å². The van der Waals surface area contributed by atoms with Crippen molar-refractivity contribution in [3.8, 4) is 11.1 Å². The molecule has 0 aliphatic heterocycles. The highest BCUT2D eigenvalue weighted by Gasteiger charge is 1.99. The molecule has 0 spiro atoms. The Balaban J connectivity index is 2.29. The molecule has 17 heavy (non-hydrogen) atoms. The van der Waals surface area contributed by atoms with Gasteiger partial charge in [0.05, 0.1) is 5.69 Å². The van der Waals surface area contributed by atoms with Crippen LogP contribution < -0.4 is 0 Å². The Kier molecular flexibility index (Phi) is 3.40. The van der Waals surface area contributed by atoms with Gasteiger partial charge in [-0.3, -0.25) is 9.78 Å². The summed E-state index contributed by atoms with van der Waals surface area (Å²) in [6.07, 6.45) is 5.34. The van der Waals surface area contributed by atoms with E-state index < -0.39 is 0 Å². The van der Waals surface area contributed by atoms with Crippen LogP contribution in [0.4, 0.5) is 4.39 Å². The van der Waals surface area contributed by atoms with Crippen LogP contribution in [0.2, 0.25) is 0 Å². The Labute approximate surface area is 98.4 Å². The van der Waals surface area contributed by atoms with Gasteiger partial charge in [-0.15, -0.1) is 0 Å². The molecule has 0 aliphatic carbocycles. The smallest absolute Gasteiger partial charge is 0.142 e. The first-order valence-electron chi connectivity index (χ1n) is 5.13. The van der Waals surface area contributed by atoms with E-state index in [4.69, 9.17) is 0 Å². The van der Waals surface area contributed by atoms with Gasteiger partial charge in [-0.05, 0) is 35.9 Å². The van der Waals surface area contributed by atoms with Crippen LogP contribution in [0.15, 0.2) is 48.7 Å². The van der Waals surface area contributed by atoms with E-state index in [0.717, 1.165) is 11.1 Å². The first kappa shape index (κ1) is 11.2. The molecule has 0 atom stereocenters. The highest BCUT2D eigenvalue weighted by molar-refractivity contribution is 5.73. The molecule has 1 heterocycles. The number of pyridine rings is 1. The van der Waals surface area contributed by atoms with Gasteiger partial charge in [-0.2, -0.15) is 0 Å². The molecule has 0 amide bonds. The molecule has 1 aromatic heterocycles. The van der Waals surface area contributed by atoms with Crippen LogP contribution in [0.1, 0.15) is 5.69 Å². The Bertz CT molecular complexity index is 546. The van der Waals surface area contributed by atoms with Crippen LogP contribution in [-0.2, 0) is 4.79 Å². The van der Waals surface area contributed by atoms with Crippen LogP contribution in [0.3, 0.4) is 0 Å². The summed E-state index contributed by atoms with van der Waals surface area (Å²) in [6, 6.07) is 9.95. The third kappa shape index (κ3) is 2.84. The minimum atomic E-state index is -0.271. The maximum absolute atomic E-state index is 13.0. The monoisotopic (exact) mass is 227 g/mol. The van der Waals surface area contributed by atoms with E-state index in [1.54, 1.807) is 24.4 Å². The van der Waals surface area contributed by atoms with Gasteiger partial charge in [-0.1, -0.05) is 18.2 Å². The fourth-order valence-corrected chi connectivity index (χ4v) is 1.48. The van der Waals surface area contributed by atoms with Gasteiger partial charge in [0.25, 0.3) is 0 Å². The van der Waals surface area contributed by atoms with E-state index in [1.807, 2.05) is 12.1 Å². The number of hydrogen-bond donors (Lipinski definition) is 0. The number of allylic oxidation sites excluding steroid dienone is 1. The molecule has 0 bridgehead atoms. The molecule has 0 unspecified atom stereocenters. The standard InChI is InChI=1S/C14H10FNO/c15-13-4-1-3-11(9-13)12-6-7-14(16-10-12)5-2-8-17/h1-10H. The zero-order chi connectivity index (χ0) is 12.1. The molecule has 0 fully saturated rings. The van der Waals surface area contributed by atoms with Crippen LogP contribution in [0.5, 0.6) is 0 Å². The molecule has 2 nitrogen and oxygen atoms in total. The average Bonchev–Trinajstić information content (AvgIpc) is 2.37. The SMILES string of the molecule is O=CC=Cc1ccc(-c2cccc(F)c2)cn1. The molecular weight excluding hydrogens is 217 g/mol. The predicted octanol–water partition coefficient (Wildman–Crippen LogP) is 3.10. The van der Waals surface area contributed by atoms with Gasteiger partial charge in [0.15, 0.2) is 0 Å². The highest BCUT2D eigenvalue weighted by Crippen LogP contribution is 2.19. The van der Waals surface area contributed by atoms with E-state index >= 15 is 0 Å². The summed E-state index contributed by atoms with van der Waals surface area (Å²) in [6.45, 7) is 0. The molecule has 0 N–H and O–H groups in total. The minimum Gasteiger partial charge on any atom is -0.299 e. The van der Waals surface area contributed by atoms with E-state index in [-0.39, 0.29) is 5.82 Å². The molecular formula is C14H10FNO. The van der Waals surface area contributed by atoms with Crippen molar-refractivity contribution >= 4 is 12.4 Å². The van der Waals surface area contributed by atoms with Crippen molar-refractivity contribution in [3.63, 3.8) is 0 Å². The number of nitrogens with zero attached hydrogens (tertiary/aromatic N) is 1. The van der Waals surface area contributed by atoms with Crippen molar-refractivity contribution in [3.05, 3.63) is 60.2 Å². The first-order chi connectivity index (χ1) is 8.29. The lowest BCUT2D eigenvalue weighted by atomic mass is 10.1. The van der Waals surface area contributed by atoms with E-state index in [9.17, 15) is 9.18 Å². The topological polar surface area (TPSA) is 30.0 Å². The second kappa shape index (κ2) is 5.16. The van der Waals surface area contributed by atoms with Gasteiger partial charge < -0.3 is 0 Å². The van der Waals surface area contributed by atoms with Crippen LogP contribution in [0, 0.1) is 5.82 Å². The molecule has 3 heteroatoms. The van der Waals surface area contributed by atoms with Gasteiger partial charge in [0, 0.05) is 11.8 Å². The summed E-state index contributed by atoms with van der Waals surface area (Å²) in [4.78, 5) is 14.3.